The second-order valence-electron chi connectivity index (χ2n) is 5.42. The number of hydrogen-bond acceptors (Lipinski definition) is 5. The highest BCUT2D eigenvalue weighted by atomic mass is 16.5. The molecule has 6 heteroatoms. The number of carboxylic acid groups (broad SMARTS) is 1. The number of carboxylic acids is 1. The number of aromatic nitrogens is 2. The van der Waals surface area contributed by atoms with E-state index in [4.69, 9.17) is 9.84 Å². The predicted octanol–water partition coefficient (Wildman–Crippen LogP) is 2.18. The smallest absolute Gasteiger partial charge is 0.306 e. The van der Waals surface area contributed by atoms with Gasteiger partial charge in [0.25, 0.3) is 0 Å². The maximum Gasteiger partial charge on any atom is 0.306 e. The van der Waals surface area contributed by atoms with Crippen molar-refractivity contribution < 1.29 is 14.6 Å². The lowest BCUT2D eigenvalue weighted by atomic mass is 9.96. The highest BCUT2D eigenvalue weighted by Gasteiger charge is 2.32. The molecule has 0 aromatic carbocycles. The number of nitrogens with one attached hydrogen (secondary N) is 1. The van der Waals surface area contributed by atoms with Crippen LogP contribution in [0, 0.1) is 11.8 Å². The topological polar surface area (TPSA) is 84.3 Å². The summed E-state index contributed by atoms with van der Waals surface area (Å²) in [6, 6.07) is 1.74. The van der Waals surface area contributed by atoms with E-state index in [2.05, 4.69) is 15.3 Å². The van der Waals surface area contributed by atoms with Gasteiger partial charge in [-0.1, -0.05) is 6.42 Å². The van der Waals surface area contributed by atoms with Crippen molar-refractivity contribution in [3.8, 4) is 5.88 Å². The van der Waals surface area contributed by atoms with Crippen LogP contribution in [0.3, 0.4) is 0 Å². The van der Waals surface area contributed by atoms with Crippen LogP contribution in [0.1, 0.15) is 33.1 Å². The number of nitrogens with zero attached hydrogens (tertiary/aromatic N) is 2. The van der Waals surface area contributed by atoms with Crippen LogP contribution in [0.5, 0.6) is 5.88 Å². The van der Waals surface area contributed by atoms with Gasteiger partial charge in [-0.15, -0.1) is 0 Å². The third kappa shape index (κ3) is 3.82. The van der Waals surface area contributed by atoms with Crippen molar-refractivity contribution in [2.75, 3.05) is 11.9 Å². The van der Waals surface area contributed by atoms with Crippen molar-refractivity contribution >= 4 is 11.8 Å². The Morgan fingerprint density at radius 2 is 2.30 bits per heavy atom. The molecule has 1 saturated carbocycles. The van der Waals surface area contributed by atoms with Crippen molar-refractivity contribution in [3.63, 3.8) is 0 Å². The molecule has 2 rings (SSSR count). The molecular weight excluding hydrogens is 258 g/mol. The summed E-state index contributed by atoms with van der Waals surface area (Å²) in [5.74, 6) is 0.430. The Labute approximate surface area is 118 Å². The van der Waals surface area contributed by atoms with Crippen LogP contribution >= 0.6 is 0 Å². The summed E-state index contributed by atoms with van der Waals surface area (Å²) >= 11 is 0. The Morgan fingerprint density at radius 1 is 1.50 bits per heavy atom. The second kappa shape index (κ2) is 6.54. The third-order valence-corrected chi connectivity index (χ3v) is 3.52. The third-order valence-electron chi connectivity index (χ3n) is 3.52. The molecule has 1 aromatic rings. The van der Waals surface area contributed by atoms with E-state index < -0.39 is 5.97 Å². The molecule has 1 aliphatic rings. The van der Waals surface area contributed by atoms with Gasteiger partial charge in [0.05, 0.1) is 12.0 Å². The minimum atomic E-state index is -0.694. The Balaban J connectivity index is 1.92. The number of aliphatic carboxylic acids is 1. The van der Waals surface area contributed by atoms with Crippen LogP contribution in [0.2, 0.25) is 0 Å². The van der Waals surface area contributed by atoms with Crippen LogP contribution in [0.25, 0.3) is 0 Å². The number of anilines is 1. The number of carbonyl (C=O) groups is 1. The van der Waals surface area contributed by atoms with E-state index in [1.54, 1.807) is 6.07 Å². The molecule has 0 spiro atoms. The Morgan fingerprint density at radius 3 is 3.00 bits per heavy atom. The summed E-state index contributed by atoms with van der Waals surface area (Å²) in [5.41, 5.74) is 0. The van der Waals surface area contributed by atoms with Crippen LogP contribution in [0.4, 0.5) is 5.82 Å². The van der Waals surface area contributed by atoms with Crippen LogP contribution in [-0.4, -0.2) is 33.7 Å². The van der Waals surface area contributed by atoms with Gasteiger partial charge < -0.3 is 15.2 Å². The van der Waals surface area contributed by atoms with Gasteiger partial charge in [0, 0.05) is 12.6 Å². The quantitative estimate of drug-likeness (QED) is 0.830. The molecule has 2 unspecified atom stereocenters. The summed E-state index contributed by atoms with van der Waals surface area (Å²) in [6.45, 7) is 4.49. The van der Waals surface area contributed by atoms with E-state index in [0.717, 1.165) is 19.3 Å². The zero-order chi connectivity index (χ0) is 14.5. The van der Waals surface area contributed by atoms with Gasteiger partial charge in [-0.05, 0) is 32.6 Å². The summed E-state index contributed by atoms with van der Waals surface area (Å²) in [7, 11) is 0. The van der Waals surface area contributed by atoms with Gasteiger partial charge in [0.1, 0.15) is 12.1 Å². The van der Waals surface area contributed by atoms with E-state index in [9.17, 15) is 4.79 Å². The van der Waals surface area contributed by atoms with Crippen LogP contribution in [0.15, 0.2) is 12.4 Å². The molecule has 1 aromatic heterocycles. The lowest BCUT2D eigenvalue weighted by Crippen LogP contribution is -2.24. The fraction of sp³-hybridized carbons (Fsp3) is 0.643. The van der Waals surface area contributed by atoms with Crippen molar-refractivity contribution in [2.45, 2.75) is 39.2 Å². The molecule has 0 radical (unpaired) electrons. The molecule has 0 bridgehead atoms. The normalized spacial score (nSPS) is 21.9. The van der Waals surface area contributed by atoms with Gasteiger partial charge in [0.2, 0.25) is 5.88 Å². The molecule has 1 fully saturated rings. The molecule has 0 amide bonds. The van der Waals surface area contributed by atoms with Gasteiger partial charge in [0.15, 0.2) is 0 Å². The zero-order valence-electron chi connectivity index (χ0n) is 11.9. The monoisotopic (exact) mass is 279 g/mol. The number of ether oxygens (including phenoxy) is 1. The summed E-state index contributed by atoms with van der Waals surface area (Å²) < 4.78 is 5.50. The number of rotatable bonds is 6. The highest BCUT2D eigenvalue weighted by Crippen LogP contribution is 2.32. The van der Waals surface area contributed by atoms with Crippen molar-refractivity contribution in [3.05, 3.63) is 12.4 Å². The molecule has 1 aliphatic carbocycles. The lowest BCUT2D eigenvalue weighted by Gasteiger charge is -2.17. The predicted molar refractivity (Wildman–Crippen MR) is 74.8 cm³/mol. The highest BCUT2D eigenvalue weighted by molar-refractivity contribution is 5.70. The van der Waals surface area contributed by atoms with Crippen LogP contribution in [-0.2, 0) is 4.79 Å². The van der Waals surface area contributed by atoms with Gasteiger partial charge in [-0.25, -0.2) is 9.97 Å². The molecule has 2 N–H and O–H groups in total. The summed E-state index contributed by atoms with van der Waals surface area (Å²) in [6.07, 6.45) is 4.21. The first-order chi connectivity index (χ1) is 9.56. The largest absolute Gasteiger partial charge is 0.481 e. The average molecular weight is 279 g/mol. The van der Waals surface area contributed by atoms with Crippen molar-refractivity contribution in [1.29, 1.82) is 0 Å². The fourth-order valence-electron chi connectivity index (χ4n) is 2.58. The summed E-state index contributed by atoms with van der Waals surface area (Å²) in [5, 5.41) is 12.3. The van der Waals surface area contributed by atoms with Gasteiger partial charge >= 0.3 is 5.97 Å². The Hall–Kier alpha value is -1.85. The van der Waals surface area contributed by atoms with E-state index >= 15 is 0 Å². The average Bonchev–Trinajstić information content (AvgIpc) is 2.84. The van der Waals surface area contributed by atoms with Crippen molar-refractivity contribution in [1.82, 2.24) is 9.97 Å². The lowest BCUT2D eigenvalue weighted by molar-refractivity contribution is -0.142. The van der Waals surface area contributed by atoms with Gasteiger partial charge in [-0.2, -0.15) is 0 Å². The first kappa shape index (κ1) is 14.6. The zero-order valence-corrected chi connectivity index (χ0v) is 11.9. The van der Waals surface area contributed by atoms with E-state index in [0.29, 0.717) is 18.2 Å². The molecular formula is C14H21N3O3. The second-order valence-corrected chi connectivity index (χ2v) is 5.42. The van der Waals surface area contributed by atoms with Gasteiger partial charge in [-0.3, -0.25) is 4.79 Å². The first-order valence-corrected chi connectivity index (χ1v) is 7.01. The molecule has 20 heavy (non-hydrogen) atoms. The maximum atomic E-state index is 11.1. The Kier molecular flexibility index (Phi) is 4.76. The first-order valence-electron chi connectivity index (χ1n) is 7.01. The summed E-state index contributed by atoms with van der Waals surface area (Å²) in [4.78, 5) is 19.3. The van der Waals surface area contributed by atoms with Crippen LogP contribution < -0.4 is 10.1 Å². The molecule has 0 saturated heterocycles. The van der Waals surface area contributed by atoms with Crippen molar-refractivity contribution in [2.24, 2.45) is 11.8 Å². The van der Waals surface area contributed by atoms with E-state index in [1.165, 1.54) is 6.33 Å². The fourth-order valence-corrected chi connectivity index (χ4v) is 2.58. The molecule has 1 heterocycles. The van der Waals surface area contributed by atoms with E-state index in [1.807, 2.05) is 13.8 Å². The Bertz CT molecular complexity index is 465. The number of hydrogen-bond donors (Lipinski definition) is 2. The molecule has 0 aliphatic heterocycles. The van der Waals surface area contributed by atoms with E-state index in [-0.39, 0.29) is 17.9 Å². The maximum absolute atomic E-state index is 11.1. The molecule has 6 nitrogen and oxygen atoms in total. The molecule has 2 atom stereocenters. The minimum absolute atomic E-state index is 0.0592. The standard InChI is InChI=1S/C14H21N3O3/c1-9(2)20-13-6-12(16-8-17-13)15-7-10-4-3-5-11(10)14(18)19/h6,8-11H,3-5,7H2,1-2H3,(H,18,19)(H,15,16,17). The SMILES string of the molecule is CC(C)Oc1cc(NCC2CCCC2C(=O)O)ncn1. The minimum Gasteiger partial charge on any atom is -0.481 e. The molecule has 110 valence electrons.